The lowest BCUT2D eigenvalue weighted by Crippen LogP contribution is -2.32. The Balaban J connectivity index is 1.02. The van der Waals surface area contributed by atoms with Crippen molar-refractivity contribution in [1.82, 2.24) is 19.1 Å². The topological polar surface area (TPSA) is 224 Å². The van der Waals surface area contributed by atoms with Gasteiger partial charge in [-0.25, -0.2) is 9.59 Å². The molecule has 3 aliphatic rings. The van der Waals surface area contributed by atoms with Crippen molar-refractivity contribution >= 4 is 60.5 Å². The van der Waals surface area contributed by atoms with Gasteiger partial charge in [0.15, 0.2) is 0 Å². The van der Waals surface area contributed by atoms with E-state index in [0.29, 0.717) is 11.1 Å². The van der Waals surface area contributed by atoms with Crippen molar-refractivity contribution in [2.24, 2.45) is 0 Å². The number of hydrogen-bond acceptors (Lipinski definition) is 14. The number of benzene rings is 2. The van der Waals surface area contributed by atoms with Gasteiger partial charge in [-0.15, -0.1) is 0 Å². The van der Waals surface area contributed by atoms with Crippen LogP contribution in [-0.4, -0.2) is 78.3 Å². The van der Waals surface area contributed by atoms with Crippen molar-refractivity contribution < 1.29 is 46.9 Å². The Hall–Kier alpha value is -3.88. The third-order valence-corrected chi connectivity index (χ3v) is 11.7. The first kappa shape index (κ1) is 38.4. The summed E-state index contributed by atoms with van der Waals surface area (Å²) >= 11 is 10.6. The average Bonchev–Trinajstić information content (AvgIpc) is 3.72. The number of anilines is 2. The zero-order chi connectivity index (χ0) is 38.0. The van der Waals surface area contributed by atoms with Crippen LogP contribution >= 0.6 is 13.4 Å². The van der Waals surface area contributed by atoms with E-state index in [0.717, 1.165) is 0 Å². The van der Waals surface area contributed by atoms with Crippen molar-refractivity contribution in [1.29, 1.82) is 0 Å². The van der Waals surface area contributed by atoms with Gasteiger partial charge in [-0.05, 0) is 60.0 Å². The third kappa shape index (κ3) is 9.14. The normalized spacial score (nSPS) is 29.9. The molecule has 4 N–H and O–H groups in total. The van der Waals surface area contributed by atoms with Gasteiger partial charge in [-0.2, -0.15) is 9.97 Å². The predicted octanol–water partition coefficient (Wildman–Crippen LogP) is 2.83. The van der Waals surface area contributed by atoms with Crippen LogP contribution < -0.4 is 22.0 Å². The molecule has 3 fully saturated rings. The summed E-state index contributed by atoms with van der Waals surface area (Å²) in [6, 6.07) is 19.6. The fourth-order valence-electron chi connectivity index (χ4n) is 5.96. The molecule has 2 aromatic heterocycles. The van der Waals surface area contributed by atoms with E-state index in [1.165, 1.54) is 33.7 Å². The standard InChI is InChI=1S/C32H32N6O12P2S2/c39-29(19-7-3-1-4-8-19)33-25-11-13-37(31(41)35-25)27-15-21-23(47-27)17-45-52(44,54)50-22-16-28(48-24(22)18-46-51(43,53)49-21)38-14-12-26(36-32(38)42)34-30(40)20-9-5-2-6-10-20/h1-14,21-24,27-28H,15-18H2,(H,43,53)(H,44,54)(H,33,35,39,41)(H,34,36,40,42)/t21-,22-,23+,24+,27+,28+,51?,52?/m0/s1. The van der Waals surface area contributed by atoms with Crippen molar-refractivity contribution in [3.05, 3.63) is 117 Å². The summed E-state index contributed by atoms with van der Waals surface area (Å²) in [6.45, 7) is -8.80. The third-order valence-electron chi connectivity index (χ3n) is 8.54. The summed E-state index contributed by atoms with van der Waals surface area (Å²) in [5.74, 6) is -0.863. The zero-order valence-corrected chi connectivity index (χ0v) is 31.3. The monoisotopic (exact) mass is 818 g/mol. The molecule has 2 amide bonds. The number of carbonyl (C=O) groups excluding carboxylic acids is 2. The minimum absolute atomic E-state index is 0.0204. The van der Waals surface area contributed by atoms with Gasteiger partial charge in [0.1, 0.15) is 36.3 Å². The number of rotatable bonds is 6. The summed E-state index contributed by atoms with van der Waals surface area (Å²) in [7, 11) is 0. The minimum Gasteiger partial charge on any atom is -0.349 e. The van der Waals surface area contributed by atoms with E-state index in [4.69, 9.17) is 51.2 Å². The number of hydrogen-bond donors (Lipinski definition) is 4. The van der Waals surface area contributed by atoms with E-state index in [9.17, 15) is 29.0 Å². The highest BCUT2D eigenvalue weighted by Gasteiger charge is 2.46. The Labute approximate surface area is 316 Å². The molecule has 18 nitrogen and oxygen atoms in total. The molecule has 0 saturated carbocycles. The van der Waals surface area contributed by atoms with Crippen LogP contribution in [0.3, 0.4) is 0 Å². The van der Waals surface area contributed by atoms with Crippen molar-refractivity contribution in [3.63, 3.8) is 0 Å². The summed E-state index contributed by atoms with van der Waals surface area (Å²) in [4.78, 5) is 81.1. The maximum atomic E-state index is 13.0. The molecule has 5 heterocycles. The van der Waals surface area contributed by atoms with Crippen molar-refractivity contribution in [2.75, 3.05) is 23.8 Å². The van der Waals surface area contributed by atoms with Gasteiger partial charge in [0.05, 0.1) is 25.4 Å². The second kappa shape index (κ2) is 16.1. The summed E-state index contributed by atoms with van der Waals surface area (Å²) in [6.07, 6.45) is -3.26. The van der Waals surface area contributed by atoms with Crippen LogP contribution in [0, 0.1) is 0 Å². The second-order valence-corrected chi connectivity index (χ2v) is 17.8. The first-order valence-electron chi connectivity index (χ1n) is 16.4. The molecule has 22 heteroatoms. The number of carbonyl (C=O) groups is 2. The maximum absolute atomic E-state index is 13.0. The van der Waals surface area contributed by atoms with Crippen molar-refractivity contribution in [2.45, 2.75) is 49.7 Å². The molecule has 0 aliphatic carbocycles. The number of ether oxygens (including phenoxy) is 2. The van der Waals surface area contributed by atoms with Crippen LogP contribution in [0.25, 0.3) is 0 Å². The number of nitrogens with zero attached hydrogens (tertiary/aromatic N) is 4. The molecule has 0 spiro atoms. The Morgan fingerprint density at radius 3 is 1.41 bits per heavy atom. The lowest BCUT2D eigenvalue weighted by Gasteiger charge is -2.29. The molecule has 8 atom stereocenters. The molecule has 2 aromatic carbocycles. The highest BCUT2D eigenvalue weighted by atomic mass is 32.5. The van der Waals surface area contributed by atoms with E-state index in [1.54, 1.807) is 60.7 Å². The Morgan fingerprint density at radius 1 is 0.648 bits per heavy atom. The lowest BCUT2D eigenvalue weighted by molar-refractivity contribution is -0.0598. The van der Waals surface area contributed by atoms with Crippen molar-refractivity contribution in [3.8, 4) is 0 Å². The zero-order valence-electron chi connectivity index (χ0n) is 27.9. The molecule has 3 saturated heterocycles. The van der Waals surface area contributed by atoms with E-state index in [1.807, 2.05) is 0 Å². The molecule has 0 bridgehead atoms. The quantitative estimate of drug-likeness (QED) is 0.205. The Morgan fingerprint density at radius 2 is 1.04 bits per heavy atom. The summed E-state index contributed by atoms with van der Waals surface area (Å²) in [5.41, 5.74) is -0.741. The fraction of sp³-hybridized carbons (Fsp3) is 0.312. The molecular weight excluding hydrogens is 786 g/mol. The SMILES string of the molecule is O=C(Nc1ccn([C@H]2C[C@@H]3OP(O)(=S)OC[C@H]4O[C@@H](n5ccc(NC(=O)c6ccccc6)nc5=O)C[C@@H]4OP(O)(=S)OC[C@H]3O2)c(=O)n1)c1ccccc1. The van der Waals surface area contributed by atoms with Crippen LogP contribution in [0.4, 0.5) is 11.6 Å². The number of aromatic nitrogens is 4. The van der Waals surface area contributed by atoms with Crippen LogP contribution in [0.1, 0.15) is 46.0 Å². The van der Waals surface area contributed by atoms with Gasteiger partial charge in [-0.1, -0.05) is 36.4 Å². The highest BCUT2D eigenvalue weighted by molar-refractivity contribution is 8.07. The molecule has 7 rings (SSSR count). The van der Waals surface area contributed by atoms with Gasteiger partial charge < -0.3 is 48.0 Å². The number of amides is 2. The highest BCUT2D eigenvalue weighted by Crippen LogP contribution is 2.53. The smallest absolute Gasteiger partial charge is 0.349 e. The van der Waals surface area contributed by atoms with Gasteiger partial charge in [0, 0.05) is 36.4 Å². The van der Waals surface area contributed by atoms with Gasteiger partial charge in [0.25, 0.3) is 11.8 Å². The molecule has 284 valence electrons. The van der Waals surface area contributed by atoms with Gasteiger partial charge in [-0.3, -0.25) is 18.7 Å². The van der Waals surface area contributed by atoms with Crippen LogP contribution in [0.5, 0.6) is 0 Å². The number of nitrogens with one attached hydrogen (secondary N) is 2. The first-order chi connectivity index (χ1) is 25.8. The molecule has 3 aliphatic heterocycles. The van der Waals surface area contributed by atoms with E-state index in [-0.39, 0.29) is 37.7 Å². The van der Waals surface area contributed by atoms with E-state index in [2.05, 4.69) is 20.6 Å². The average molecular weight is 819 g/mol. The lowest BCUT2D eigenvalue weighted by atomic mass is 10.2. The van der Waals surface area contributed by atoms with E-state index < -0.39 is 73.5 Å². The van der Waals surface area contributed by atoms with Crippen LogP contribution in [0.2, 0.25) is 0 Å². The Bertz CT molecular complexity index is 2090. The molecule has 2 unspecified atom stereocenters. The second-order valence-electron chi connectivity index (χ2n) is 12.2. The Kier molecular flexibility index (Phi) is 11.4. The maximum Gasteiger partial charge on any atom is 0.351 e. The summed E-state index contributed by atoms with van der Waals surface area (Å²) in [5, 5.41) is 5.14. The number of fused-ring (bicyclic) bond motifs is 2. The predicted molar refractivity (Wildman–Crippen MR) is 197 cm³/mol. The van der Waals surface area contributed by atoms with Crippen LogP contribution in [0.15, 0.2) is 94.8 Å². The minimum atomic E-state index is -4.01. The van der Waals surface area contributed by atoms with Gasteiger partial charge in [0.2, 0.25) is 0 Å². The fourth-order valence-corrected chi connectivity index (χ4v) is 8.91. The first-order valence-corrected chi connectivity index (χ1v) is 21.5. The largest absolute Gasteiger partial charge is 0.351 e. The molecule has 54 heavy (non-hydrogen) atoms. The molecule has 0 radical (unpaired) electrons. The van der Waals surface area contributed by atoms with Gasteiger partial charge >= 0.3 is 24.8 Å². The molecular formula is C32H32N6O12P2S2. The van der Waals surface area contributed by atoms with E-state index >= 15 is 0 Å². The summed E-state index contributed by atoms with van der Waals surface area (Å²) < 4.78 is 37.4. The molecule has 4 aromatic rings. The van der Waals surface area contributed by atoms with Crippen LogP contribution in [-0.2, 0) is 51.2 Å².